The summed E-state index contributed by atoms with van der Waals surface area (Å²) in [5.41, 5.74) is -1.04. The number of alkyl halides is 3. The smallest absolute Gasteiger partial charge is 0.416 e. The lowest BCUT2D eigenvalue weighted by Crippen LogP contribution is -2.41. The number of hydrogen-bond donors (Lipinski definition) is 1. The van der Waals surface area contributed by atoms with Crippen molar-refractivity contribution in [2.75, 3.05) is 56.6 Å². The minimum Gasteiger partial charge on any atom is -0.492 e. The van der Waals surface area contributed by atoms with Gasteiger partial charge in [0.25, 0.3) is 0 Å². The molecule has 1 amide bonds. The molecule has 10 nitrogen and oxygen atoms in total. The highest BCUT2D eigenvalue weighted by Crippen LogP contribution is 2.31. The maximum absolute atomic E-state index is 12.8. The topological polar surface area (TPSA) is 122 Å². The van der Waals surface area contributed by atoms with Crippen LogP contribution in [0.1, 0.15) is 5.56 Å². The molecule has 0 aliphatic carbocycles. The van der Waals surface area contributed by atoms with Crippen molar-refractivity contribution in [3.8, 4) is 5.75 Å². The molecule has 15 heteroatoms. The molecule has 0 saturated carbocycles. The first-order valence-corrected chi connectivity index (χ1v) is 14.3. The predicted molar refractivity (Wildman–Crippen MR) is 128 cm³/mol. The first-order chi connectivity index (χ1) is 17.3. The van der Waals surface area contributed by atoms with Gasteiger partial charge in [0.1, 0.15) is 18.9 Å². The Bertz CT molecular complexity index is 1280. The number of morpholine rings is 1. The van der Waals surface area contributed by atoms with Gasteiger partial charge in [-0.1, -0.05) is 0 Å². The standard InChI is InChI=1S/C22H26F3N3O7S2/c1-36(30,31)28(18-4-2-17(3-5-18)22(23,24)25)16-21(29)26-10-13-35-19-6-8-20(9-7-19)37(32,33)27-11-14-34-15-12-27/h2-9H,10-16H2,1H3,(H,26,29). The molecular formula is C22H26F3N3O7S2. The number of ether oxygens (including phenoxy) is 2. The lowest BCUT2D eigenvalue weighted by molar-refractivity contribution is -0.137. The third-order valence-corrected chi connectivity index (χ3v) is 8.35. The molecule has 1 N–H and O–H groups in total. The van der Waals surface area contributed by atoms with E-state index in [1.165, 1.54) is 28.6 Å². The van der Waals surface area contributed by atoms with Crippen molar-refractivity contribution in [1.82, 2.24) is 9.62 Å². The van der Waals surface area contributed by atoms with E-state index in [-0.39, 0.29) is 36.8 Å². The molecule has 1 fully saturated rings. The molecule has 1 aliphatic heterocycles. The highest BCUT2D eigenvalue weighted by Gasteiger charge is 2.31. The van der Waals surface area contributed by atoms with E-state index in [0.29, 0.717) is 23.3 Å². The first-order valence-electron chi connectivity index (χ1n) is 11.0. The molecule has 2 aromatic rings. The number of carbonyl (C=O) groups excluding carboxylic acids is 1. The molecule has 204 valence electrons. The minimum absolute atomic E-state index is 0.000452. The molecule has 0 aromatic heterocycles. The quantitative estimate of drug-likeness (QED) is 0.435. The average Bonchev–Trinajstić information content (AvgIpc) is 2.85. The summed E-state index contributed by atoms with van der Waals surface area (Å²) in [6.07, 6.45) is -3.74. The average molecular weight is 566 g/mol. The largest absolute Gasteiger partial charge is 0.492 e. The van der Waals surface area contributed by atoms with E-state index < -0.39 is 44.2 Å². The number of benzene rings is 2. The zero-order valence-electron chi connectivity index (χ0n) is 19.8. The second kappa shape index (κ2) is 11.7. The Morgan fingerprint density at radius 3 is 2.16 bits per heavy atom. The van der Waals surface area contributed by atoms with Gasteiger partial charge in [0.15, 0.2) is 0 Å². The van der Waals surface area contributed by atoms with Gasteiger partial charge >= 0.3 is 6.18 Å². The zero-order valence-corrected chi connectivity index (χ0v) is 21.4. The monoisotopic (exact) mass is 565 g/mol. The summed E-state index contributed by atoms with van der Waals surface area (Å²) in [5, 5.41) is 2.48. The molecule has 37 heavy (non-hydrogen) atoms. The molecule has 0 atom stereocenters. The van der Waals surface area contributed by atoms with Gasteiger partial charge in [-0.2, -0.15) is 17.5 Å². The number of sulfonamides is 2. The van der Waals surface area contributed by atoms with E-state index in [0.717, 1.165) is 30.5 Å². The van der Waals surface area contributed by atoms with E-state index >= 15 is 0 Å². The van der Waals surface area contributed by atoms with E-state index in [4.69, 9.17) is 9.47 Å². The van der Waals surface area contributed by atoms with E-state index in [2.05, 4.69) is 5.32 Å². The van der Waals surface area contributed by atoms with Crippen LogP contribution in [0.4, 0.5) is 18.9 Å². The summed E-state index contributed by atoms with van der Waals surface area (Å²) >= 11 is 0. The highest BCUT2D eigenvalue weighted by molar-refractivity contribution is 7.92. The van der Waals surface area contributed by atoms with Crippen LogP contribution in [-0.4, -0.2) is 79.3 Å². The highest BCUT2D eigenvalue weighted by atomic mass is 32.2. The summed E-state index contributed by atoms with van der Waals surface area (Å²) in [4.78, 5) is 12.4. The van der Waals surface area contributed by atoms with Crippen molar-refractivity contribution in [2.45, 2.75) is 11.1 Å². The summed E-state index contributed by atoms with van der Waals surface area (Å²) in [7, 11) is -7.60. The third kappa shape index (κ3) is 7.80. The van der Waals surface area contributed by atoms with Crippen molar-refractivity contribution >= 4 is 31.6 Å². The summed E-state index contributed by atoms with van der Waals surface area (Å²) in [6, 6.07) is 9.19. The number of nitrogens with zero attached hydrogens (tertiary/aromatic N) is 2. The molecule has 1 aliphatic rings. The maximum Gasteiger partial charge on any atom is 0.416 e. The molecular weight excluding hydrogens is 539 g/mol. The van der Waals surface area contributed by atoms with Crippen LogP contribution in [0, 0.1) is 0 Å². The van der Waals surface area contributed by atoms with Crippen molar-refractivity contribution in [3.05, 3.63) is 54.1 Å². The number of halogens is 3. The van der Waals surface area contributed by atoms with Crippen molar-refractivity contribution in [2.24, 2.45) is 0 Å². The number of amides is 1. The lowest BCUT2D eigenvalue weighted by Gasteiger charge is -2.26. The van der Waals surface area contributed by atoms with Gasteiger partial charge in [-0.15, -0.1) is 0 Å². The third-order valence-electron chi connectivity index (χ3n) is 5.29. The van der Waals surface area contributed by atoms with Gasteiger partial charge in [0, 0.05) is 13.1 Å². The second-order valence-corrected chi connectivity index (χ2v) is 11.8. The fourth-order valence-electron chi connectivity index (χ4n) is 3.41. The van der Waals surface area contributed by atoms with Crippen LogP contribution >= 0.6 is 0 Å². The van der Waals surface area contributed by atoms with Gasteiger partial charge in [-0.05, 0) is 48.5 Å². The van der Waals surface area contributed by atoms with Crippen LogP contribution in [-0.2, 0) is 35.8 Å². The van der Waals surface area contributed by atoms with Crippen LogP contribution in [0.2, 0.25) is 0 Å². The van der Waals surface area contributed by atoms with Crippen LogP contribution in [0.25, 0.3) is 0 Å². The SMILES string of the molecule is CS(=O)(=O)N(CC(=O)NCCOc1ccc(S(=O)(=O)N2CCOCC2)cc1)c1ccc(C(F)(F)F)cc1. The van der Waals surface area contributed by atoms with Gasteiger partial charge in [-0.3, -0.25) is 9.10 Å². The molecule has 0 spiro atoms. The zero-order chi connectivity index (χ0) is 27.3. The molecule has 0 unspecified atom stereocenters. The van der Waals surface area contributed by atoms with Crippen LogP contribution < -0.4 is 14.4 Å². The van der Waals surface area contributed by atoms with Crippen molar-refractivity contribution < 1.29 is 44.3 Å². The Morgan fingerprint density at radius 1 is 1.03 bits per heavy atom. The van der Waals surface area contributed by atoms with Gasteiger partial charge in [-0.25, -0.2) is 16.8 Å². The number of anilines is 1. The summed E-state index contributed by atoms with van der Waals surface area (Å²) in [5.74, 6) is -0.335. The van der Waals surface area contributed by atoms with E-state index in [1.54, 1.807) is 0 Å². The van der Waals surface area contributed by atoms with Crippen molar-refractivity contribution in [1.29, 1.82) is 0 Å². The molecule has 1 heterocycles. The lowest BCUT2D eigenvalue weighted by atomic mass is 10.2. The number of nitrogens with one attached hydrogen (secondary N) is 1. The van der Waals surface area contributed by atoms with Crippen LogP contribution in [0.3, 0.4) is 0 Å². The minimum atomic E-state index is -4.58. The molecule has 0 bridgehead atoms. The molecule has 3 rings (SSSR count). The Hall–Kier alpha value is -2.88. The maximum atomic E-state index is 12.8. The summed E-state index contributed by atoms with van der Waals surface area (Å²) < 4.78 is 101. The Labute approximate surface area is 213 Å². The van der Waals surface area contributed by atoms with Crippen LogP contribution in [0.5, 0.6) is 5.75 Å². The molecule has 0 radical (unpaired) electrons. The van der Waals surface area contributed by atoms with Crippen LogP contribution in [0.15, 0.2) is 53.4 Å². The number of hydrogen-bond acceptors (Lipinski definition) is 7. The fourth-order valence-corrected chi connectivity index (χ4v) is 5.67. The molecule has 2 aromatic carbocycles. The Balaban J connectivity index is 1.51. The Kier molecular flexibility index (Phi) is 9.05. The first kappa shape index (κ1) is 28.7. The van der Waals surface area contributed by atoms with Gasteiger partial charge in [0.05, 0.1) is 42.2 Å². The van der Waals surface area contributed by atoms with E-state index in [1.807, 2.05) is 0 Å². The Morgan fingerprint density at radius 2 is 1.62 bits per heavy atom. The van der Waals surface area contributed by atoms with Gasteiger partial charge < -0.3 is 14.8 Å². The van der Waals surface area contributed by atoms with E-state index in [9.17, 15) is 34.8 Å². The molecule has 1 saturated heterocycles. The number of rotatable bonds is 10. The second-order valence-electron chi connectivity index (χ2n) is 8.00. The van der Waals surface area contributed by atoms with Gasteiger partial charge in [0.2, 0.25) is 26.0 Å². The summed E-state index contributed by atoms with van der Waals surface area (Å²) in [6.45, 7) is 0.568. The normalized spacial score (nSPS) is 15.2. The predicted octanol–water partition coefficient (Wildman–Crippen LogP) is 1.69. The number of carbonyl (C=O) groups is 1. The van der Waals surface area contributed by atoms with Crippen molar-refractivity contribution in [3.63, 3.8) is 0 Å². The fraction of sp³-hybridized carbons (Fsp3) is 0.409.